The Morgan fingerprint density at radius 1 is 0.892 bits per heavy atom. The van der Waals surface area contributed by atoms with Crippen LogP contribution in [-0.4, -0.2) is 33.1 Å². The molecule has 184 valence electrons. The van der Waals surface area contributed by atoms with Gasteiger partial charge in [0.2, 0.25) is 0 Å². The van der Waals surface area contributed by atoms with E-state index in [1.165, 1.54) is 0 Å². The van der Waals surface area contributed by atoms with Crippen molar-refractivity contribution in [3.8, 4) is 11.5 Å². The molecule has 37 heavy (non-hydrogen) atoms. The van der Waals surface area contributed by atoms with Crippen molar-refractivity contribution in [2.75, 3.05) is 17.2 Å². The summed E-state index contributed by atoms with van der Waals surface area (Å²) in [6.45, 7) is 6.65. The molecule has 0 saturated carbocycles. The predicted molar refractivity (Wildman–Crippen MR) is 147 cm³/mol. The van der Waals surface area contributed by atoms with Gasteiger partial charge in [-0.15, -0.1) is 0 Å². The third kappa shape index (κ3) is 4.86. The van der Waals surface area contributed by atoms with Crippen molar-refractivity contribution in [2.45, 2.75) is 26.3 Å². The Bertz CT molecular complexity index is 1660. The Labute approximate surface area is 214 Å². The number of amidine groups is 1. The van der Waals surface area contributed by atoms with E-state index in [2.05, 4.69) is 30.6 Å². The molecule has 0 unspecified atom stereocenters. The minimum Gasteiger partial charge on any atom is -0.462 e. The number of ether oxygens (including phenoxy) is 2. The molecule has 0 amide bonds. The number of nitrogens with one attached hydrogen (secondary N) is 2. The largest absolute Gasteiger partial charge is 0.462 e. The fourth-order valence-corrected chi connectivity index (χ4v) is 4.24. The second kappa shape index (κ2) is 9.05. The highest BCUT2D eigenvalue weighted by Gasteiger charge is 2.26. The molecule has 3 heterocycles. The van der Waals surface area contributed by atoms with Crippen LogP contribution in [0.1, 0.15) is 19.4 Å². The Kier molecular flexibility index (Phi) is 5.56. The van der Waals surface area contributed by atoms with E-state index in [0.29, 0.717) is 18.4 Å². The lowest BCUT2D eigenvalue weighted by atomic mass is 10.1. The van der Waals surface area contributed by atoms with Gasteiger partial charge < -0.3 is 20.1 Å². The van der Waals surface area contributed by atoms with Gasteiger partial charge in [-0.05, 0) is 86.3 Å². The van der Waals surface area contributed by atoms with Gasteiger partial charge in [0.15, 0.2) is 0 Å². The summed E-state index contributed by atoms with van der Waals surface area (Å²) in [5.41, 5.74) is 3.36. The molecule has 6 rings (SSSR count). The number of aliphatic imine (C=N–C) groups is 1. The summed E-state index contributed by atoms with van der Waals surface area (Å²) < 4.78 is 11.8. The number of fused-ring (bicyclic) bond motifs is 2. The highest BCUT2D eigenvalue weighted by molar-refractivity contribution is 5.97. The van der Waals surface area contributed by atoms with Gasteiger partial charge in [-0.25, -0.2) is 15.0 Å². The average Bonchev–Trinajstić information content (AvgIpc) is 3.23. The highest BCUT2D eigenvalue weighted by atomic mass is 16.5. The summed E-state index contributed by atoms with van der Waals surface area (Å²) in [5.74, 6) is 2.26. The van der Waals surface area contributed by atoms with Crippen LogP contribution in [0.15, 0.2) is 84.4 Å². The molecular formula is C29H26N6O2. The highest BCUT2D eigenvalue weighted by Crippen LogP contribution is 2.32. The van der Waals surface area contributed by atoms with Crippen LogP contribution in [0.5, 0.6) is 11.5 Å². The first kappa shape index (κ1) is 22.7. The SMILES string of the molecule is Cc1cc(Nc2ncnc3ccc(NC4=NC(C)(C)CO4)cc23)ccc1Oc1ccc2ccncc2c1. The van der Waals surface area contributed by atoms with Crippen molar-refractivity contribution < 1.29 is 9.47 Å². The molecule has 8 nitrogen and oxygen atoms in total. The quantitative estimate of drug-likeness (QED) is 0.287. The fraction of sp³-hybridized carbons (Fsp3) is 0.172. The number of hydrogen-bond acceptors (Lipinski definition) is 8. The maximum absolute atomic E-state index is 6.17. The van der Waals surface area contributed by atoms with E-state index in [-0.39, 0.29) is 5.54 Å². The van der Waals surface area contributed by atoms with E-state index < -0.39 is 0 Å². The van der Waals surface area contributed by atoms with E-state index in [1.807, 2.05) is 87.6 Å². The van der Waals surface area contributed by atoms with Crippen LogP contribution in [0.4, 0.5) is 17.2 Å². The molecule has 0 radical (unpaired) electrons. The molecule has 0 aliphatic carbocycles. The maximum Gasteiger partial charge on any atom is 0.289 e. The van der Waals surface area contributed by atoms with E-state index in [1.54, 1.807) is 12.5 Å². The standard InChI is InChI=1S/C29H26N6O2/c1-18-12-21(6-9-26(18)37-23-7-4-19-10-11-30-15-20(19)13-23)33-27-24-14-22(5-8-25(24)31-17-32-27)34-28-35-29(2,3)16-36-28/h4-15,17H,16H2,1-3H3,(H,34,35)(H,31,32,33). The molecule has 0 atom stereocenters. The number of anilines is 3. The number of rotatable bonds is 5. The Hall–Kier alpha value is -4.72. The van der Waals surface area contributed by atoms with E-state index in [4.69, 9.17) is 9.47 Å². The Balaban J connectivity index is 1.23. The Morgan fingerprint density at radius 3 is 2.59 bits per heavy atom. The van der Waals surface area contributed by atoms with Crippen LogP contribution >= 0.6 is 0 Å². The molecular weight excluding hydrogens is 464 g/mol. The zero-order valence-corrected chi connectivity index (χ0v) is 20.8. The number of pyridine rings is 1. The average molecular weight is 491 g/mol. The van der Waals surface area contributed by atoms with Gasteiger partial charge in [-0.2, -0.15) is 0 Å². The zero-order chi connectivity index (χ0) is 25.4. The number of benzene rings is 3. The normalized spacial score (nSPS) is 14.3. The lowest BCUT2D eigenvalue weighted by Gasteiger charge is -2.13. The third-order valence-electron chi connectivity index (χ3n) is 6.13. The van der Waals surface area contributed by atoms with Gasteiger partial charge in [0.1, 0.15) is 30.3 Å². The summed E-state index contributed by atoms with van der Waals surface area (Å²) >= 11 is 0. The van der Waals surface area contributed by atoms with E-state index in [0.717, 1.165) is 50.1 Å². The second-order valence-electron chi connectivity index (χ2n) is 9.69. The van der Waals surface area contributed by atoms with Crippen LogP contribution in [0, 0.1) is 6.92 Å². The Morgan fingerprint density at radius 2 is 1.76 bits per heavy atom. The first-order chi connectivity index (χ1) is 17.9. The lowest BCUT2D eigenvalue weighted by molar-refractivity contribution is 0.278. The predicted octanol–water partition coefficient (Wildman–Crippen LogP) is 6.60. The molecule has 0 spiro atoms. The van der Waals surface area contributed by atoms with Gasteiger partial charge in [0.05, 0.1) is 11.1 Å². The molecule has 0 saturated heterocycles. The molecule has 1 aliphatic rings. The second-order valence-corrected chi connectivity index (χ2v) is 9.69. The summed E-state index contributed by atoms with van der Waals surface area (Å²) in [5, 5.41) is 9.73. The lowest BCUT2D eigenvalue weighted by Crippen LogP contribution is -2.17. The smallest absolute Gasteiger partial charge is 0.289 e. The third-order valence-corrected chi connectivity index (χ3v) is 6.13. The van der Waals surface area contributed by atoms with Crippen LogP contribution in [0.2, 0.25) is 0 Å². The summed E-state index contributed by atoms with van der Waals surface area (Å²) in [6.07, 6.45) is 5.18. The van der Waals surface area contributed by atoms with Gasteiger partial charge in [0.25, 0.3) is 6.02 Å². The molecule has 0 fully saturated rings. The van der Waals surface area contributed by atoms with E-state index in [9.17, 15) is 0 Å². The molecule has 2 aromatic heterocycles. The molecule has 5 aromatic rings. The monoisotopic (exact) mass is 490 g/mol. The van der Waals surface area contributed by atoms with Crippen molar-refractivity contribution in [3.63, 3.8) is 0 Å². The fourth-order valence-electron chi connectivity index (χ4n) is 4.24. The summed E-state index contributed by atoms with van der Waals surface area (Å²) in [7, 11) is 0. The topological polar surface area (TPSA) is 93.6 Å². The molecule has 1 aliphatic heterocycles. The number of nitrogens with zero attached hydrogens (tertiary/aromatic N) is 4. The first-order valence-corrected chi connectivity index (χ1v) is 12.1. The van der Waals surface area contributed by atoms with Crippen molar-refractivity contribution in [2.24, 2.45) is 4.99 Å². The molecule has 2 N–H and O–H groups in total. The van der Waals surface area contributed by atoms with Gasteiger partial charge in [-0.3, -0.25) is 4.98 Å². The minimum atomic E-state index is -0.228. The summed E-state index contributed by atoms with van der Waals surface area (Å²) in [6, 6.07) is 20.4. The maximum atomic E-state index is 6.17. The zero-order valence-electron chi connectivity index (χ0n) is 20.8. The number of aromatic nitrogens is 3. The van der Waals surface area contributed by atoms with Gasteiger partial charge in [0, 0.05) is 34.5 Å². The van der Waals surface area contributed by atoms with E-state index >= 15 is 0 Å². The van der Waals surface area contributed by atoms with Crippen molar-refractivity contribution in [1.82, 2.24) is 15.0 Å². The van der Waals surface area contributed by atoms with Gasteiger partial charge >= 0.3 is 0 Å². The number of hydrogen-bond donors (Lipinski definition) is 2. The molecule has 8 heteroatoms. The van der Waals surface area contributed by atoms with Crippen molar-refractivity contribution >= 4 is 44.9 Å². The first-order valence-electron chi connectivity index (χ1n) is 12.1. The van der Waals surface area contributed by atoms with Gasteiger partial charge in [-0.1, -0.05) is 6.07 Å². The molecule has 3 aromatic carbocycles. The van der Waals surface area contributed by atoms with Crippen molar-refractivity contribution in [1.29, 1.82) is 0 Å². The van der Waals surface area contributed by atoms with Crippen LogP contribution in [0.25, 0.3) is 21.7 Å². The van der Waals surface area contributed by atoms with Crippen molar-refractivity contribution in [3.05, 3.63) is 84.9 Å². The van der Waals surface area contributed by atoms with Crippen LogP contribution < -0.4 is 15.4 Å². The number of aryl methyl sites for hydroxylation is 1. The summed E-state index contributed by atoms with van der Waals surface area (Å²) in [4.78, 5) is 17.7. The minimum absolute atomic E-state index is 0.228. The van der Waals surface area contributed by atoms with Crippen LogP contribution in [-0.2, 0) is 4.74 Å². The molecule has 0 bridgehead atoms. The van der Waals surface area contributed by atoms with Crippen LogP contribution in [0.3, 0.4) is 0 Å².